The monoisotopic (exact) mass is 437 g/mol. The van der Waals surface area contributed by atoms with Gasteiger partial charge in [0.1, 0.15) is 0 Å². The summed E-state index contributed by atoms with van der Waals surface area (Å²) in [4.78, 5) is 2.82. The van der Waals surface area contributed by atoms with Crippen LogP contribution in [0.4, 0.5) is 0 Å². The van der Waals surface area contributed by atoms with Crippen LogP contribution in [0.15, 0.2) is 0 Å². The minimum Gasteiger partial charge on any atom is -0.303 e. The average Bonchev–Trinajstić information content (AvgIpc) is 2.73. The van der Waals surface area contributed by atoms with Crippen molar-refractivity contribution < 1.29 is 0 Å². The third kappa shape index (κ3) is 26.1. The van der Waals surface area contributed by atoms with E-state index in [1.54, 1.807) is 0 Å². The van der Waals surface area contributed by atoms with Crippen LogP contribution in [0.1, 0.15) is 163 Å². The quantitative estimate of drug-likeness (QED) is 0.128. The molecule has 0 amide bonds. The fraction of sp³-hybridized carbons (Fsp3) is 1.00. The highest BCUT2D eigenvalue weighted by atomic mass is 15.1. The molecule has 0 heterocycles. The zero-order chi connectivity index (χ0) is 23.0. The molecule has 0 atom stereocenters. The van der Waals surface area contributed by atoms with Crippen molar-refractivity contribution in [3.05, 3.63) is 0 Å². The number of rotatable bonds is 25. The minimum atomic E-state index is 0.878. The Morgan fingerprint density at radius 1 is 0.387 bits per heavy atom. The van der Waals surface area contributed by atoms with E-state index in [1.165, 1.54) is 148 Å². The van der Waals surface area contributed by atoms with Gasteiger partial charge in [-0.05, 0) is 50.7 Å². The molecule has 0 aliphatic rings. The zero-order valence-corrected chi connectivity index (χ0v) is 22.9. The summed E-state index contributed by atoms with van der Waals surface area (Å²) in [6.45, 7) is 15.8. The SMILES string of the molecule is CCCCCCCCCCCCN(CCCCCCC(C)C)CCCCCCC(C)C. The molecule has 0 rings (SSSR count). The van der Waals surface area contributed by atoms with Crippen molar-refractivity contribution in [3.63, 3.8) is 0 Å². The first kappa shape index (κ1) is 31.0. The van der Waals surface area contributed by atoms with Gasteiger partial charge in [0.15, 0.2) is 0 Å². The third-order valence-corrected chi connectivity index (χ3v) is 6.84. The fourth-order valence-electron chi connectivity index (χ4n) is 4.64. The number of nitrogens with zero attached hydrogens (tertiary/aromatic N) is 1. The summed E-state index contributed by atoms with van der Waals surface area (Å²) < 4.78 is 0. The molecule has 31 heavy (non-hydrogen) atoms. The molecule has 0 aromatic carbocycles. The van der Waals surface area contributed by atoms with Crippen molar-refractivity contribution >= 4 is 0 Å². The van der Waals surface area contributed by atoms with E-state index in [9.17, 15) is 0 Å². The van der Waals surface area contributed by atoms with Crippen LogP contribution in [-0.2, 0) is 0 Å². The van der Waals surface area contributed by atoms with Crippen molar-refractivity contribution in [2.45, 2.75) is 163 Å². The minimum absolute atomic E-state index is 0.878. The van der Waals surface area contributed by atoms with Crippen LogP contribution in [0, 0.1) is 11.8 Å². The molecule has 0 spiro atoms. The van der Waals surface area contributed by atoms with Crippen LogP contribution < -0.4 is 0 Å². The predicted octanol–water partition coefficient (Wildman–Crippen LogP) is 10.4. The van der Waals surface area contributed by atoms with Crippen LogP contribution >= 0.6 is 0 Å². The molecule has 0 aromatic heterocycles. The molecule has 1 heteroatoms. The highest BCUT2D eigenvalue weighted by molar-refractivity contribution is 4.61. The predicted molar refractivity (Wildman–Crippen MR) is 144 cm³/mol. The maximum atomic E-state index is 2.82. The van der Waals surface area contributed by atoms with E-state index in [2.05, 4.69) is 39.5 Å². The van der Waals surface area contributed by atoms with Crippen molar-refractivity contribution in [1.29, 1.82) is 0 Å². The summed E-state index contributed by atoms with van der Waals surface area (Å²) in [5.41, 5.74) is 0. The van der Waals surface area contributed by atoms with E-state index < -0.39 is 0 Å². The molecule has 0 saturated carbocycles. The van der Waals surface area contributed by atoms with Crippen LogP contribution in [0.2, 0.25) is 0 Å². The van der Waals surface area contributed by atoms with Gasteiger partial charge in [0.05, 0.1) is 0 Å². The van der Waals surface area contributed by atoms with Gasteiger partial charge in [-0.15, -0.1) is 0 Å². The first-order chi connectivity index (χ1) is 15.1. The molecule has 0 fully saturated rings. The summed E-state index contributed by atoms with van der Waals surface area (Å²) in [5, 5.41) is 0. The normalized spacial score (nSPS) is 12.0. The Kier molecular flexibility index (Phi) is 24.6. The largest absolute Gasteiger partial charge is 0.303 e. The Morgan fingerprint density at radius 3 is 1.00 bits per heavy atom. The number of unbranched alkanes of at least 4 members (excludes halogenated alkanes) is 15. The van der Waals surface area contributed by atoms with Gasteiger partial charge in [-0.25, -0.2) is 0 Å². The molecular formula is C30H63N. The Morgan fingerprint density at radius 2 is 0.677 bits per heavy atom. The number of hydrogen-bond donors (Lipinski definition) is 0. The van der Waals surface area contributed by atoms with Gasteiger partial charge in [-0.3, -0.25) is 0 Å². The maximum absolute atomic E-state index is 2.82. The summed E-state index contributed by atoms with van der Waals surface area (Å²) >= 11 is 0. The summed E-state index contributed by atoms with van der Waals surface area (Å²) in [6.07, 6.45) is 28.8. The van der Waals surface area contributed by atoms with Gasteiger partial charge in [-0.1, -0.05) is 144 Å². The lowest BCUT2D eigenvalue weighted by Gasteiger charge is -2.22. The van der Waals surface area contributed by atoms with E-state index in [1.807, 2.05) is 0 Å². The Hall–Kier alpha value is -0.0400. The van der Waals surface area contributed by atoms with Crippen LogP contribution in [0.5, 0.6) is 0 Å². The molecule has 0 unspecified atom stereocenters. The summed E-state index contributed by atoms with van der Waals surface area (Å²) in [5.74, 6) is 1.76. The van der Waals surface area contributed by atoms with Gasteiger partial charge in [-0.2, -0.15) is 0 Å². The molecule has 0 N–H and O–H groups in total. The highest BCUT2D eigenvalue weighted by Gasteiger charge is 2.05. The highest BCUT2D eigenvalue weighted by Crippen LogP contribution is 2.14. The lowest BCUT2D eigenvalue weighted by atomic mass is 10.0. The Bertz CT molecular complexity index is 302. The first-order valence-electron chi connectivity index (χ1n) is 14.8. The average molecular weight is 438 g/mol. The lowest BCUT2D eigenvalue weighted by Crippen LogP contribution is -2.27. The molecule has 0 radical (unpaired) electrons. The van der Waals surface area contributed by atoms with E-state index in [4.69, 9.17) is 0 Å². The molecule has 0 bridgehead atoms. The van der Waals surface area contributed by atoms with E-state index in [0.717, 1.165) is 11.8 Å². The van der Waals surface area contributed by atoms with Gasteiger partial charge in [0.2, 0.25) is 0 Å². The van der Waals surface area contributed by atoms with Crippen LogP contribution in [-0.4, -0.2) is 24.5 Å². The van der Waals surface area contributed by atoms with E-state index in [-0.39, 0.29) is 0 Å². The van der Waals surface area contributed by atoms with Gasteiger partial charge < -0.3 is 4.90 Å². The second kappa shape index (κ2) is 24.6. The molecule has 188 valence electrons. The second-order valence-corrected chi connectivity index (χ2v) is 11.2. The van der Waals surface area contributed by atoms with Crippen LogP contribution in [0.25, 0.3) is 0 Å². The molecule has 1 nitrogen and oxygen atoms in total. The topological polar surface area (TPSA) is 3.24 Å². The Labute approximate surface area is 199 Å². The molecule has 0 saturated heterocycles. The Balaban J connectivity index is 3.84. The summed E-state index contributed by atoms with van der Waals surface area (Å²) in [6, 6.07) is 0. The molecule has 0 aromatic rings. The van der Waals surface area contributed by atoms with Crippen molar-refractivity contribution in [2.24, 2.45) is 11.8 Å². The van der Waals surface area contributed by atoms with Gasteiger partial charge in [0.25, 0.3) is 0 Å². The smallest absolute Gasteiger partial charge is 0.00187 e. The van der Waals surface area contributed by atoms with Crippen LogP contribution in [0.3, 0.4) is 0 Å². The van der Waals surface area contributed by atoms with Crippen molar-refractivity contribution in [3.8, 4) is 0 Å². The van der Waals surface area contributed by atoms with Gasteiger partial charge >= 0.3 is 0 Å². The maximum Gasteiger partial charge on any atom is -0.00187 e. The van der Waals surface area contributed by atoms with Gasteiger partial charge in [0, 0.05) is 0 Å². The third-order valence-electron chi connectivity index (χ3n) is 6.84. The second-order valence-electron chi connectivity index (χ2n) is 11.2. The first-order valence-corrected chi connectivity index (χ1v) is 14.8. The lowest BCUT2D eigenvalue weighted by molar-refractivity contribution is 0.253. The molecule has 0 aliphatic heterocycles. The summed E-state index contributed by atoms with van der Waals surface area (Å²) in [7, 11) is 0. The molecule has 0 aliphatic carbocycles. The number of hydrogen-bond acceptors (Lipinski definition) is 1. The van der Waals surface area contributed by atoms with Crippen molar-refractivity contribution in [1.82, 2.24) is 4.90 Å². The van der Waals surface area contributed by atoms with Crippen molar-refractivity contribution in [2.75, 3.05) is 19.6 Å². The van der Waals surface area contributed by atoms with E-state index >= 15 is 0 Å². The molecular weight excluding hydrogens is 374 g/mol. The fourth-order valence-corrected chi connectivity index (χ4v) is 4.64. The standard InChI is InChI=1S/C30H63N/c1-6-7-8-9-10-11-12-13-16-21-26-31(27-22-17-14-19-24-29(2)3)28-23-18-15-20-25-30(4)5/h29-30H,6-28H2,1-5H3. The zero-order valence-electron chi connectivity index (χ0n) is 22.9. The van der Waals surface area contributed by atoms with E-state index in [0.29, 0.717) is 0 Å².